The average Bonchev–Trinajstić information content (AvgIpc) is 3.54. The molecule has 2 N–H and O–H groups in total. The lowest BCUT2D eigenvalue weighted by molar-refractivity contribution is 0.0930. The van der Waals surface area contributed by atoms with Crippen LogP contribution < -0.4 is 10.0 Å². The van der Waals surface area contributed by atoms with E-state index in [1.165, 1.54) is 30.5 Å². The quantitative estimate of drug-likeness (QED) is 0.260. The summed E-state index contributed by atoms with van der Waals surface area (Å²) in [7, 11) is -4.11. The molecule has 0 atom stereocenters. The minimum absolute atomic E-state index is 0.00358. The lowest BCUT2D eigenvalue weighted by Crippen LogP contribution is -2.36. The molecule has 1 fully saturated rings. The van der Waals surface area contributed by atoms with Gasteiger partial charge in [0.1, 0.15) is 22.7 Å². The first kappa shape index (κ1) is 25.4. The number of carbonyl (C=O) groups is 1. The first-order valence-corrected chi connectivity index (χ1v) is 14.7. The third kappa shape index (κ3) is 5.09. The number of nitrogens with one attached hydrogen (secondary N) is 2. The van der Waals surface area contributed by atoms with Crippen molar-refractivity contribution in [1.29, 1.82) is 0 Å². The fraction of sp³-hybridized carbons (Fsp3) is 0.250. The Kier molecular flexibility index (Phi) is 6.74. The van der Waals surface area contributed by atoms with Crippen LogP contribution >= 0.6 is 11.6 Å². The van der Waals surface area contributed by atoms with Crippen molar-refractivity contribution in [3.63, 3.8) is 0 Å². The average molecular weight is 564 g/mol. The van der Waals surface area contributed by atoms with Crippen LogP contribution in [0.25, 0.3) is 22.2 Å². The topological polar surface area (TPSA) is 119 Å². The van der Waals surface area contributed by atoms with Gasteiger partial charge in [0.05, 0.1) is 28.7 Å². The summed E-state index contributed by atoms with van der Waals surface area (Å²) >= 11 is 5.99. The largest absolute Gasteiger partial charge is 0.467 e. The van der Waals surface area contributed by atoms with E-state index in [1.807, 2.05) is 24.3 Å². The zero-order valence-corrected chi connectivity index (χ0v) is 22.5. The molecule has 5 aromatic rings. The molecule has 39 heavy (non-hydrogen) atoms. The minimum Gasteiger partial charge on any atom is -0.467 e. The lowest BCUT2D eigenvalue weighted by atomic mass is 9.95. The van der Waals surface area contributed by atoms with Crippen molar-refractivity contribution in [2.24, 2.45) is 0 Å². The van der Waals surface area contributed by atoms with E-state index in [0.717, 1.165) is 32.1 Å². The van der Waals surface area contributed by atoms with Gasteiger partial charge >= 0.3 is 0 Å². The Labute approximate surface area is 230 Å². The third-order valence-electron chi connectivity index (χ3n) is 6.97. The molecule has 0 unspecified atom stereocenters. The van der Waals surface area contributed by atoms with Crippen LogP contribution in [0.3, 0.4) is 0 Å². The zero-order valence-electron chi connectivity index (χ0n) is 20.9. The van der Waals surface area contributed by atoms with E-state index in [4.69, 9.17) is 26.0 Å². The monoisotopic (exact) mass is 563 g/mol. The van der Waals surface area contributed by atoms with Gasteiger partial charge < -0.3 is 14.3 Å². The first-order chi connectivity index (χ1) is 18.9. The molecule has 3 aromatic heterocycles. The summed E-state index contributed by atoms with van der Waals surface area (Å²) in [6.45, 7) is 0.131. The fourth-order valence-corrected chi connectivity index (χ4v) is 6.24. The van der Waals surface area contributed by atoms with Crippen LogP contribution in [-0.4, -0.2) is 34.9 Å². The summed E-state index contributed by atoms with van der Waals surface area (Å²) in [4.78, 5) is 23.5. The minimum atomic E-state index is -4.11. The number of carbonyl (C=O) groups excluding carboxylic acids is 1. The molecular weight excluding hydrogens is 538 g/mol. The molecule has 9 nitrogen and oxygen atoms in total. The van der Waals surface area contributed by atoms with Gasteiger partial charge in [0.15, 0.2) is 5.65 Å². The van der Waals surface area contributed by atoms with Crippen LogP contribution in [0.1, 0.15) is 48.2 Å². The second-order valence-corrected chi connectivity index (χ2v) is 11.8. The molecule has 2 aromatic carbocycles. The Hall–Kier alpha value is -3.89. The Balaban J connectivity index is 1.56. The highest BCUT2D eigenvalue weighted by atomic mass is 35.5. The predicted octanol–water partition coefficient (Wildman–Crippen LogP) is 5.74. The van der Waals surface area contributed by atoms with Crippen molar-refractivity contribution in [1.82, 2.24) is 19.9 Å². The summed E-state index contributed by atoms with van der Waals surface area (Å²) in [5.74, 6) is 0.233. The number of para-hydroxylation sites is 2. The normalized spacial score (nSPS) is 14.6. The van der Waals surface area contributed by atoms with E-state index in [1.54, 1.807) is 16.7 Å². The molecule has 0 bridgehead atoms. The predicted molar refractivity (Wildman–Crippen MR) is 149 cm³/mol. The van der Waals surface area contributed by atoms with Crippen molar-refractivity contribution in [3.8, 4) is 0 Å². The molecule has 3 heterocycles. The summed E-state index contributed by atoms with van der Waals surface area (Å²) in [6, 6.07) is 16.7. The molecule has 1 saturated carbocycles. The highest BCUT2D eigenvalue weighted by Gasteiger charge is 2.30. The number of nitrogens with zero attached hydrogens (tertiary/aromatic N) is 3. The number of sulfonamides is 1. The zero-order chi connectivity index (χ0) is 27.0. The van der Waals surface area contributed by atoms with Crippen molar-refractivity contribution < 1.29 is 17.6 Å². The molecule has 1 aliphatic carbocycles. The molecule has 200 valence electrons. The highest BCUT2D eigenvalue weighted by molar-refractivity contribution is 7.92. The lowest BCUT2D eigenvalue weighted by Gasteiger charge is -2.23. The van der Waals surface area contributed by atoms with Crippen LogP contribution in [-0.2, 0) is 16.6 Å². The Morgan fingerprint density at radius 3 is 2.38 bits per heavy atom. The number of rotatable bonds is 7. The Morgan fingerprint density at radius 1 is 0.974 bits per heavy atom. The van der Waals surface area contributed by atoms with E-state index in [9.17, 15) is 13.2 Å². The van der Waals surface area contributed by atoms with Gasteiger partial charge in [0, 0.05) is 11.1 Å². The van der Waals surface area contributed by atoms with Crippen molar-refractivity contribution in [2.75, 3.05) is 4.72 Å². The van der Waals surface area contributed by atoms with Gasteiger partial charge in [-0.2, -0.15) is 0 Å². The van der Waals surface area contributed by atoms with Gasteiger partial charge in [0.25, 0.3) is 15.9 Å². The molecule has 0 saturated heterocycles. The highest BCUT2D eigenvalue weighted by Crippen LogP contribution is 2.33. The Bertz CT molecular complexity index is 1760. The summed E-state index contributed by atoms with van der Waals surface area (Å²) in [5.41, 5.74) is 2.02. The van der Waals surface area contributed by atoms with Gasteiger partial charge in [-0.05, 0) is 61.4 Å². The molecule has 1 amide bonds. The number of amides is 1. The van der Waals surface area contributed by atoms with E-state index in [-0.39, 0.29) is 28.9 Å². The smallest absolute Gasteiger partial charge is 0.263 e. The molecular formula is C28H26ClN5O4S. The third-order valence-corrected chi connectivity index (χ3v) is 8.57. The van der Waals surface area contributed by atoms with E-state index in [0.29, 0.717) is 33.0 Å². The van der Waals surface area contributed by atoms with Gasteiger partial charge in [-0.1, -0.05) is 43.0 Å². The Morgan fingerprint density at radius 2 is 1.69 bits per heavy atom. The van der Waals surface area contributed by atoms with Gasteiger partial charge in [-0.25, -0.2) is 18.4 Å². The number of hydrogen-bond acceptors (Lipinski definition) is 6. The molecule has 0 radical (unpaired) electrons. The van der Waals surface area contributed by atoms with Crippen LogP contribution in [0.5, 0.6) is 0 Å². The summed E-state index contributed by atoms with van der Waals surface area (Å²) in [6.07, 6.45) is 6.49. The van der Waals surface area contributed by atoms with Gasteiger partial charge in [-0.3, -0.25) is 9.52 Å². The number of furan rings is 1. The van der Waals surface area contributed by atoms with Gasteiger partial charge in [-0.15, -0.1) is 0 Å². The second kappa shape index (κ2) is 10.3. The van der Waals surface area contributed by atoms with Gasteiger partial charge in [0.2, 0.25) is 0 Å². The van der Waals surface area contributed by atoms with Crippen molar-refractivity contribution in [2.45, 2.75) is 49.6 Å². The molecule has 0 spiro atoms. The number of hydrogen-bond donors (Lipinski definition) is 2. The van der Waals surface area contributed by atoms with E-state index < -0.39 is 15.9 Å². The fourth-order valence-electron chi connectivity index (χ4n) is 5.04. The van der Waals surface area contributed by atoms with Crippen molar-refractivity contribution in [3.05, 3.63) is 83.3 Å². The molecule has 0 aliphatic heterocycles. The van der Waals surface area contributed by atoms with Crippen LogP contribution in [0.15, 0.2) is 76.2 Å². The van der Waals surface area contributed by atoms with Crippen LogP contribution in [0.2, 0.25) is 5.02 Å². The standard InChI is InChI=1S/C28H26ClN5O4S/c29-18-12-14-21(15-13-18)39(36,37)33-26-24(28(35)30-19-7-2-1-3-8-19)25-27(34(26)17-20-9-6-16-38-20)32-23-11-5-4-10-22(23)31-25/h4-6,9-16,19,33H,1-3,7-8,17H2,(H,30,35). The molecule has 6 rings (SSSR count). The van der Waals surface area contributed by atoms with Crippen LogP contribution in [0.4, 0.5) is 5.82 Å². The number of anilines is 1. The maximum absolute atomic E-state index is 13.9. The van der Waals surface area contributed by atoms with Crippen LogP contribution in [0, 0.1) is 0 Å². The number of aromatic nitrogens is 3. The maximum Gasteiger partial charge on any atom is 0.263 e. The van der Waals surface area contributed by atoms with E-state index >= 15 is 0 Å². The number of halogens is 1. The maximum atomic E-state index is 13.9. The van der Waals surface area contributed by atoms with E-state index in [2.05, 4.69) is 10.0 Å². The summed E-state index contributed by atoms with van der Waals surface area (Å²) < 4.78 is 37.1. The molecule has 1 aliphatic rings. The van der Waals surface area contributed by atoms with Crippen molar-refractivity contribution >= 4 is 55.5 Å². The first-order valence-electron chi connectivity index (χ1n) is 12.8. The molecule has 11 heteroatoms. The SMILES string of the molecule is O=C(NC1CCCCC1)c1c(NS(=O)(=O)c2ccc(Cl)cc2)n(Cc2ccco2)c2nc3ccccc3nc12. The second-order valence-electron chi connectivity index (χ2n) is 9.64. The summed E-state index contributed by atoms with van der Waals surface area (Å²) in [5, 5.41) is 3.54. The number of fused-ring (bicyclic) bond motifs is 2. The number of benzene rings is 2.